The van der Waals surface area contributed by atoms with Gasteiger partial charge in [0.05, 0.1) is 0 Å². The topological polar surface area (TPSA) is 0 Å². The second-order valence-electron chi connectivity index (χ2n) is 1.22. The van der Waals surface area contributed by atoms with Gasteiger partial charge in [-0.1, -0.05) is 0 Å². The Morgan fingerprint density at radius 1 is 1.25 bits per heavy atom. The fourth-order valence-corrected chi connectivity index (χ4v) is 0.367. The molecule has 0 bridgehead atoms. The summed E-state index contributed by atoms with van der Waals surface area (Å²) in [6.45, 7) is 0. The summed E-state index contributed by atoms with van der Waals surface area (Å²) in [7, 11) is 0. The minimum absolute atomic E-state index is 0. The molecule has 0 heterocycles. The third-order valence-corrected chi connectivity index (χ3v) is 0.678. The van der Waals surface area contributed by atoms with E-state index in [1.165, 1.54) is 24.3 Å². The second kappa shape index (κ2) is 4.07. The zero-order valence-corrected chi connectivity index (χ0v) is 6.69. The second-order valence-corrected chi connectivity index (χ2v) is 1.22. The van der Waals surface area contributed by atoms with Crippen molar-refractivity contribution in [3.8, 4) is 0 Å². The summed E-state index contributed by atoms with van der Waals surface area (Å²) in [4.78, 5) is 0. The molecule has 0 aromatic heterocycles. The van der Waals surface area contributed by atoms with Crippen molar-refractivity contribution in [2.75, 3.05) is 0 Å². The van der Waals surface area contributed by atoms with E-state index >= 15 is 0 Å². The zero-order chi connectivity index (χ0) is 5.11. The van der Waals surface area contributed by atoms with E-state index in [9.17, 15) is 4.39 Å². The number of hydrogen-bond donors (Lipinski definition) is 0. The molecule has 0 spiro atoms. The smallest absolute Gasteiger partial charge is 0.236 e. The molecule has 1 aromatic rings. The molecule has 0 saturated heterocycles. The molecule has 0 saturated carbocycles. The summed E-state index contributed by atoms with van der Waals surface area (Å²) < 4.78 is 11.9. The molecule has 36 valence electrons. The largest absolute Gasteiger partial charge is 1.00 e. The van der Waals surface area contributed by atoms with Crippen LogP contribution < -0.4 is 29.6 Å². The van der Waals surface area contributed by atoms with Gasteiger partial charge in [-0.2, -0.15) is 18.2 Å². The van der Waals surface area contributed by atoms with Gasteiger partial charge in [0, 0.05) is 5.82 Å². The van der Waals surface area contributed by atoms with Crippen LogP contribution in [0.15, 0.2) is 24.3 Å². The molecule has 0 fully saturated rings. The van der Waals surface area contributed by atoms with E-state index < -0.39 is 0 Å². The molecule has 8 heavy (non-hydrogen) atoms. The van der Waals surface area contributed by atoms with Crippen LogP contribution in [-0.4, -0.2) is 0 Å². The summed E-state index contributed by atoms with van der Waals surface area (Å²) in [6.07, 6.45) is 0. The number of halogens is 1. The molecule has 1 aromatic carbocycles. The van der Waals surface area contributed by atoms with Gasteiger partial charge in [0.25, 0.3) is 0 Å². The van der Waals surface area contributed by atoms with Gasteiger partial charge >= 0.3 is 29.6 Å². The maximum Gasteiger partial charge on any atom is 1.00 e. The molecule has 0 aliphatic carbocycles. The molecule has 0 unspecified atom stereocenters. The first-order chi connectivity index (χ1) is 3.39. The van der Waals surface area contributed by atoms with Gasteiger partial charge in [-0.05, 0) is 0 Å². The van der Waals surface area contributed by atoms with Gasteiger partial charge < -0.3 is 0 Å². The predicted octanol–water partition coefficient (Wildman–Crippen LogP) is -1.37. The van der Waals surface area contributed by atoms with E-state index in [0.717, 1.165) is 0 Å². The Balaban J connectivity index is 0.000000490. The first kappa shape index (κ1) is 8.15. The molecule has 2 heteroatoms. The standard InChI is InChI=1S/C6H4F.Na/c7-6-4-2-1-3-5-6;/h2-5H;/q-1;+1. The van der Waals surface area contributed by atoms with Crippen LogP contribution in [0, 0.1) is 11.9 Å². The Morgan fingerprint density at radius 2 is 1.75 bits per heavy atom. The average molecular weight is 118 g/mol. The van der Waals surface area contributed by atoms with Crippen molar-refractivity contribution in [3.05, 3.63) is 36.1 Å². The average Bonchev–Trinajstić information content (AvgIpc) is 1.69. The van der Waals surface area contributed by atoms with Crippen LogP contribution in [0.3, 0.4) is 0 Å². The molecule has 0 N–H and O–H groups in total. The molecular weight excluding hydrogens is 114 g/mol. The monoisotopic (exact) mass is 118 g/mol. The van der Waals surface area contributed by atoms with Crippen LogP contribution in [0.4, 0.5) is 4.39 Å². The molecule has 0 radical (unpaired) electrons. The summed E-state index contributed by atoms with van der Waals surface area (Å²) in [5, 5.41) is 0. The molecule has 1 rings (SSSR count). The fraction of sp³-hybridized carbons (Fsp3) is 0. The van der Waals surface area contributed by atoms with Crippen molar-refractivity contribution in [1.29, 1.82) is 0 Å². The number of benzene rings is 1. The normalized spacial score (nSPS) is 7.62. The Bertz CT molecular complexity index is 138. The number of rotatable bonds is 0. The SMILES string of the molecule is Fc1cc[c-]cc1.[Na+]. The van der Waals surface area contributed by atoms with Gasteiger partial charge in [0.2, 0.25) is 0 Å². The van der Waals surface area contributed by atoms with E-state index in [0.29, 0.717) is 0 Å². The van der Waals surface area contributed by atoms with Gasteiger partial charge in [0.1, 0.15) is 0 Å². The number of hydrogen-bond acceptors (Lipinski definition) is 0. The van der Waals surface area contributed by atoms with E-state index in [4.69, 9.17) is 0 Å². The predicted molar refractivity (Wildman–Crippen MR) is 25.2 cm³/mol. The van der Waals surface area contributed by atoms with Gasteiger partial charge in [-0.25, -0.2) is 4.39 Å². The van der Waals surface area contributed by atoms with E-state index in [2.05, 4.69) is 6.07 Å². The maximum absolute atomic E-state index is 11.9. The molecule has 0 amide bonds. The molecule has 0 nitrogen and oxygen atoms in total. The maximum atomic E-state index is 11.9. The summed E-state index contributed by atoms with van der Waals surface area (Å²) in [6, 6.07) is 8.49. The van der Waals surface area contributed by atoms with Crippen molar-refractivity contribution in [3.63, 3.8) is 0 Å². The van der Waals surface area contributed by atoms with Crippen molar-refractivity contribution < 1.29 is 33.9 Å². The van der Waals surface area contributed by atoms with E-state index in [-0.39, 0.29) is 35.4 Å². The van der Waals surface area contributed by atoms with Crippen molar-refractivity contribution in [2.45, 2.75) is 0 Å². The van der Waals surface area contributed by atoms with Crippen molar-refractivity contribution in [2.24, 2.45) is 0 Å². The summed E-state index contributed by atoms with van der Waals surface area (Å²) in [5.41, 5.74) is 0. The van der Waals surface area contributed by atoms with Crippen LogP contribution in [0.25, 0.3) is 0 Å². The van der Waals surface area contributed by atoms with Crippen LogP contribution in [0.5, 0.6) is 0 Å². The minimum atomic E-state index is -0.209. The summed E-state index contributed by atoms with van der Waals surface area (Å²) >= 11 is 0. The third-order valence-electron chi connectivity index (χ3n) is 0.678. The van der Waals surface area contributed by atoms with E-state index in [1.54, 1.807) is 0 Å². The zero-order valence-electron chi connectivity index (χ0n) is 4.69. The summed E-state index contributed by atoms with van der Waals surface area (Å²) in [5.74, 6) is -0.209. The van der Waals surface area contributed by atoms with Gasteiger partial charge in [-0.3, -0.25) is 0 Å². The van der Waals surface area contributed by atoms with Crippen molar-refractivity contribution in [1.82, 2.24) is 0 Å². The first-order valence-electron chi connectivity index (χ1n) is 2.01. The van der Waals surface area contributed by atoms with Crippen LogP contribution in [0.2, 0.25) is 0 Å². The Morgan fingerprint density at radius 3 is 2.00 bits per heavy atom. The van der Waals surface area contributed by atoms with E-state index in [1.807, 2.05) is 0 Å². The Labute approximate surface area is 70.0 Å². The third kappa shape index (κ3) is 2.46. The van der Waals surface area contributed by atoms with Crippen molar-refractivity contribution >= 4 is 0 Å². The van der Waals surface area contributed by atoms with Gasteiger partial charge in [0.15, 0.2) is 0 Å². The Kier molecular flexibility index (Phi) is 4.15. The Hall–Kier alpha value is 0.150. The first-order valence-corrected chi connectivity index (χ1v) is 2.01. The quantitative estimate of drug-likeness (QED) is 0.291. The van der Waals surface area contributed by atoms with Crippen LogP contribution >= 0.6 is 0 Å². The molecule has 0 aliphatic rings. The van der Waals surface area contributed by atoms with Crippen LogP contribution in [0.1, 0.15) is 0 Å². The molecule has 0 atom stereocenters. The molecule has 0 aliphatic heterocycles. The van der Waals surface area contributed by atoms with Gasteiger partial charge in [-0.15, -0.1) is 12.1 Å². The van der Waals surface area contributed by atoms with Crippen LogP contribution in [-0.2, 0) is 0 Å². The fourth-order valence-electron chi connectivity index (χ4n) is 0.367. The minimum Gasteiger partial charge on any atom is -0.236 e. The molecular formula is C6H4FNa.